The van der Waals surface area contributed by atoms with Gasteiger partial charge in [0.15, 0.2) is 0 Å². The van der Waals surface area contributed by atoms with E-state index < -0.39 is 0 Å². The van der Waals surface area contributed by atoms with E-state index in [1.54, 1.807) is 15.5 Å². The first-order valence-corrected chi connectivity index (χ1v) is 10.7. The summed E-state index contributed by atoms with van der Waals surface area (Å²) in [5.41, 5.74) is 2.56. The van der Waals surface area contributed by atoms with Gasteiger partial charge in [0.05, 0.1) is 17.3 Å². The maximum Gasteiger partial charge on any atom is 0.253 e. The summed E-state index contributed by atoms with van der Waals surface area (Å²) in [5, 5.41) is 5.11. The van der Waals surface area contributed by atoms with Gasteiger partial charge in [0.2, 0.25) is 11.1 Å². The van der Waals surface area contributed by atoms with E-state index in [0.29, 0.717) is 28.4 Å². The lowest BCUT2D eigenvalue weighted by atomic mass is 10.1. The fourth-order valence-corrected chi connectivity index (χ4v) is 4.27. The van der Waals surface area contributed by atoms with Gasteiger partial charge in [-0.1, -0.05) is 29.4 Å². The van der Waals surface area contributed by atoms with Gasteiger partial charge < -0.3 is 4.90 Å². The summed E-state index contributed by atoms with van der Waals surface area (Å²) in [6, 6.07) is 3.79. The van der Waals surface area contributed by atoms with Crippen molar-refractivity contribution < 1.29 is 4.79 Å². The Hall–Kier alpha value is -1.90. The SMILES string of the molecule is C=CCN(Cc1ccc(Cl)s1)C(=O)Cc1c(C)nc2nc(SC)nn2c1C. The predicted molar refractivity (Wildman–Crippen MR) is 111 cm³/mol. The molecule has 27 heavy (non-hydrogen) atoms. The molecule has 0 saturated heterocycles. The molecule has 3 heterocycles. The van der Waals surface area contributed by atoms with E-state index in [0.717, 1.165) is 21.8 Å². The Morgan fingerprint density at radius 2 is 2.19 bits per heavy atom. The fraction of sp³-hybridized carbons (Fsp3) is 0.333. The molecule has 0 fully saturated rings. The molecule has 6 nitrogen and oxygen atoms in total. The molecule has 142 valence electrons. The van der Waals surface area contributed by atoms with Crippen LogP contribution in [0.15, 0.2) is 29.9 Å². The highest BCUT2D eigenvalue weighted by Crippen LogP contribution is 2.23. The summed E-state index contributed by atoms with van der Waals surface area (Å²) in [4.78, 5) is 24.7. The lowest BCUT2D eigenvalue weighted by Gasteiger charge is -2.21. The van der Waals surface area contributed by atoms with Crippen LogP contribution >= 0.6 is 34.7 Å². The number of thiophene rings is 1. The number of hydrogen-bond acceptors (Lipinski definition) is 6. The number of carbonyl (C=O) groups excluding carboxylic acids is 1. The molecule has 0 aliphatic carbocycles. The Morgan fingerprint density at radius 1 is 1.41 bits per heavy atom. The molecule has 3 aromatic rings. The van der Waals surface area contributed by atoms with Gasteiger partial charge >= 0.3 is 0 Å². The zero-order valence-electron chi connectivity index (χ0n) is 15.4. The van der Waals surface area contributed by atoms with Crippen molar-refractivity contribution in [1.29, 1.82) is 0 Å². The van der Waals surface area contributed by atoms with Crippen molar-refractivity contribution >= 4 is 46.4 Å². The quantitative estimate of drug-likeness (QED) is 0.427. The molecule has 0 unspecified atom stereocenters. The molecule has 0 N–H and O–H groups in total. The van der Waals surface area contributed by atoms with Crippen LogP contribution in [0.5, 0.6) is 0 Å². The monoisotopic (exact) mass is 421 g/mol. The molecule has 0 bridgehead atoms. The number of aryl methyl sites for hydroxylation is 2. The van der Waals surface area contributed by atoms with Gasteiger partial charge in [-0.25, -0.2) is 9.50 Å². The van der Waals surface area contributed by atoms with Crippen molar-refractivity contribution in [2.45, 2.75) is 32.0 Å². The second-order valence-corrected chi connectivity index (χ2v) is 8.59. The van der Waals surface area contributed by atoms with Crippen molar-refractivity contribution in [3.05, 3.63) is 51.0 Å². The van der Waals surface area contributed by atoms with Gasteiger partial charge in [0.1, 0.15) is 0 Å². The standard InChI is InChI=1S/C18H20ClN5OS2/c1-5-8-23(10-13-6-7-15(19)27-13)16(25)9-14-11(2)20-17-21-18(26-4)22-24(17)12(14)3/h5-7H,1,8-10H2,2-4H3. The van der Waals surface area contributed by atoms with Gasteiger partial charge in [-0.2, -0.15) is 4.98 Å². The van der Waals surface area contributed by atoms with Gasteiger partial charge in [-0.15, -0.1) is 23.0 Å². The lowest BCUT2D eigenvalue weighted by Crippen LogP contribution is -2.32. The molecule has 3 rings (SSSR count). The molecule has 0 aromatic carbocycles. The molecule has 0 saturated carbocycles. The third-order valence-corrected chi connectivity index (χ3v) is 5.97. The van der Waals surface area contributed by atoms with Crippen LogP contribution in [-0.4, -0.2) is 43.2 Å². The molecule has 0 aliphatic rings. The highest BCUT2D eigenvalue weighted by Gasteiger charge is 2.20. The highest BCUT2D eigenvalue weighted by molar-refractivity contribution is 7.98. The minimum Gasteiger partial charge on any atom is -0.334 e. The van der Waals surface area contributed by atoms with Crippen LogP contribution in [0.4, 0.5) is 0 Å². The number of halogens is 1. The van der Waals surface area contributed by atoms with Crippen LogP contribution in [0.2, 0.25) is 4.34 Å². The molecule has 9 heteroatoms. The van der Waals surface area contributed by atoms with Crippen LogP contribution in [0.3, 0.4) is 0 Å². The number of thioether (sulfide) groups is 1. The number of fused-ring (bicyclic) bond motifs is 1. The van der Waals surface area contributed by atoms with Crippen LogP contribution in [0, 0.1) is 13.8 Å². The van der Waals surface area contributed by atoms with Crippen molar-refractivity contribution in [2.24, 2.45) is 0 Å². The van der Waals surface area contributed by atoms with E-state index >= 15 is 0 Å². The second kappa shape index (κ2) is 8.41. The number of hydrogen-bond donors (Lipinski definition) is 0. The third-order valence-electron chi connectivity index (χ3n) is 4.22. The Balaban J connectivity index is 1.87. The van der Waals surface area contributed by atoms with Crippen molar-refractivity contribution in [1.82, 2.24) is 24.5 Å². The number of aromatic nitrogens is 4. The third kappa shape index (κ3) is 4.34. The van der Waals surface area contributed by atoms with Crippen molar-refractivity contribution in [2.75, 3.05) is 12.8 Å². The van der Waals surface area contributed by atoms with Crippen molar-refractivity contribution in [3.63, 3.8) is 0 Å². The first-order chi connectivity index (χ1) is 12.9. The molecular formula is C18H20ClN5OS2. The Morgan fingerprint density at radius 3 is 2.81 bits per heavy atom. The van der Waals surface area contributed by atoms with Gasteiger partial charge in [-0.05, 0) is 32.2 Å². The van der Waals surface area contributed by atoms with Crippen LogP contribution < -0.4 is 0 Å². The molecule has 0 aliphatic heterocycles. The van der Waals surface area contributed by atoms with E-state index in [1.165, 1.54) is 23.1 Å². The number of amides is 1. The molecule has 0 spiro atoms. The summed E-state index contributed by atoms with van der Waals surface area (Å²) in [5.74, 6) is 0.568. The van der Waals surface area contributed by atoms with E-state index in [1.807, 2.05) is 32.2 Å². The number of carbonyl (C=O) groups is 1. The Labute approximate surface area is 171 Å². The van der Waals surface area contributed by atoms with E-state index in [2.05, 4.69) is 21.6 Å². The summed E-state index contributed by atoms with van der Waals surface area (Å²) < 4.78 is 2.42. The van der Waals surface area contributed by atoms with Crippen LogP contribution in [0.25, 0.3) is 5.78 Å². The Bertz CT molecular complexity index is 997. The molecule has 1 amide bonds. The minimum atomic E-state index is 0.0111. The summed E-state index contributed by atoms with van der Waals surface area (Å²) in [6.07, 6.45) is 3.91. The minimum absolute atomic E-state index is 0.0111. The van der Waals surface area contributed by atoms with Crippen molar-refractivity contribution in [3.8, 4) is 0 Å². The number of nitrogens with zero attached hydrogens (tertiary/aromatic N) is 5. The fourth-order valence-electron chi connectivity index (χ4n) is 2.83. The zero-order chi connectivity index (χ0) is 19.6. The van der Waals surface area contributed by atoms with Gasteiger partial charge in [0.25, 0.3) is 5.78 Å². The normalized spacial score (nSPS) is 11.1. The molecule has 3 aromatic heterocycles. The topological polar surface area (TPSA) is 63.4 Å². The largest absolute Gasteiger partial charge is 0.334 e. The lowest BCUT2D eigenvalue weighted by molar-refractivity contribution is -0.130. The molecular weight excluding hydrogens is 402 g/mol. The average molecular weight is 422 g/mol. The first-order valence-electron chi connectivity index (χ1n) is 8.32. The van der Waals surface area contributed by atoms with E-state index in [-0.39, 0.29) is 12.3 Å². The number of rotatable bonds is 7. The highest BCUT2D eigenvalue weighted by atomic mass is 35.5. The smallest absolute Gasteiger partial charge is 0.253 e. The molecule has 0 radical (unpaired) electrons. The zero-order valence-corrected chi connectivity index (χ0v) is 17.8. The maximum atomic E-state index is 13.0. The average Bonchev–Trinajstić information content (AvgIpc) is 3.23. The predicted octanol–water partition coefficient (Wildman–Crippen LogP) is 3.94. The van der Waals surface area contributed by atoms with Crippen LogP contribution in [0.1, 0.15) is 21.8 Å². The van der Waals surface area contributed by atoms with Gasteiger partial charge in [-0.3, -0.25) is 4.79 Å². The Kier molecular flexibility index (Phi) is 6.18. The maximum absolute atomic E-state index is 13.0. The summed E-state index contributed by atoms with van der Waals surface area (Å²) in [6.45, 7) is 8.60. The van der Waals surface area contributed by atoms with Crippen LogP contribution in [-0.2, 0) is 17.8 Å². The van der Waals surface area contributed by atoms with E-state index in [4.69, 9.17) is 11.6 Å². The molecule has 0 atom stereocenters. The van der Waals surface area contributed by atoms with E-state index in [9.17, 15) is 4.79 Å². The second-order valence-electron chi connectivity index (χ2n) is 6.02. The first kappa shape index (κ1) is 19.9. The van der Waals surface area contributed by atoms with Gasteiger partial charge in [0, 0.05) is 28.4 Å². The summed E-state index contributed by atoms with van der Waals surface area (Å²) >= 11 is 8.95. The summed E-state index contributed by atoms with van der Waals surface area (Å²) in [7, 11) is 0.